The Bertz CT molecular complexity index is 556. The Kier molecular flexibility index (Phi) is 4.26. The highest BCUT2D eigenvalue weighted by Gasteiger charge is 2.06. The van der Waals surface area contributed by atoms with Crippen molar-refractivity contribution in [3.05, 3.63) is 53.6 Å². The van der Waals surface area contributed by atoms with E-state index in [2.05, 4.69) is 11.5 Å². The Hall–Kier alpha value is -2.20. The number of ether oxygens (including phenoxy) is 2. The zero-order chi connectivity index (χ0) is 13.7. The van der Waals surface area contributed by atoms with Crippen LogP contribution >= 0.6 is 0 Å². The number of hydrogen-bond donors (Lipinski definition) is 2. The standard InChI is InChI=1S/C15H18N2O2/c1-18-14-7-6-12(15(10-14)19-2)8-11-4-3-5-13(9-11)17-16/h3-7,9-10,17H,8,16H2,1-2H3. The summed E-state index contributed by atoms with van der Waals surface area (Å²) in [5, 5.41) is 0. The van der Waals surface area contributed by atoms with Crippen molar-refractivity contribution in [2.45, 2.75) is 6.42 Å². The second kappa shape index (κ2) is 6.11. The van der Waals surface area contributed by atoms with E-state index in [1.807, 2.05) is 36.4 Å². The minimum atomic E-state index is 0.780. The maximum atomic E-state index is 5.41. The monoisotopic (exact) mass is 258 g/mol. The fraction of sp³-hybridized carbons (Fsp3) is 0.200. The number of hydrogen-bond acceptors (Lipinski definition) is 4. The van der Waals surface area contributed by atoms with Crippen LogP contribution in [0.3, 0.4) is 0 Å². The van der Waals surface area contributed by atoms with Gasteiger partial charge in [0.1, 0.15) is 11.5 Å². The largest absolute Gasteiger partial charge is 0.497 e. The summed E-state index contributed by atoms with van der Waals surface area (Å²) in [4.78, 5) is 0. The van der Waals surface area contributed by atoms with Gasteiger partial charge in [0.15, 0.2) is 0 Å². The van der Waals surface area contributed by atoms with Gasteiger partial charge in [-0.1, -0.05) is 18.2 Å². The summed E-state index contributed by atoms with van der Waals surface area (Å²) in [7, 11) is 3.31. The lowest BCUT2D eigenvalue weighted by Crippen LogP contribution is -2.06. The lowest BCUT2D eigenvalue weighted by Gasteiger charge is -2.11. The summed E-state index contributed by atoms with van der Waals surface area (Å²) in [5.74, 6) is 7.03. The van der Waals surface area contributed by atoms with E-state index in [0.717, 1.165) is 29.2 Å². The summed E-state index contributed by atoms with van der Waals surface area (Å²) < 4.78 is 10.6. The molecule has 0 radical (unpaired) electrons. The van der Waals surface area contributed by atoms with Crippen molar-refractivity contribution in [2.24, 2.45) is 5.84 Å². The predicted molar refractivity (Wildman–Crippen MR) is 76.6 cm³/mol. The Balaban J connectivity index is 2.26. The van der Waals surface area contributed by atoms with Gasteiger partial charge in [-0.15, -0.1) is 0 Å². The van der Waals surface area contributed by atoms with Gasteiger partial charge in [0.05, 0.1) is 14.2 Å². The van der Waals surface area contributed by atoms with E-state index in [-0.39, 0.29) is 0 Å². The van der Waals surface area contributed by atoms with Gasteiger partial charge in [0.2, 0.25) is 0 Å². The van der Waals surface area contributed by atoms with Crippen LogP contribution < -0.4 is 20.7 Å². The maximum absolute atomic E-state index is 5.41. The Morgan fingerprint density at radius 2 is 1.89 bits per heavy atom. The fourth-order valence-electron chi connectivity index (χ4n) is 1.99. The molecular formula is C15H18N2O2. The van der Waals surface area contributed by atoms with E-state index < -0.39 is 0 Å². The zero-order valence-electron chi connectivity index (χ0n) is 11.1. The molecule has 0 bridgehead atoms. The molecule has 3 N–H and O–H groups in total. The van der Waals surface area contributed by atoms with Gasteiger partial charge in [-0.2, -0.15) is 0 Å². The molecule has 0 fully saturated rings. The van der Waals surface area contributed by atoms with Gasteiger partial charge >= 0.3 is 0 Å². The lowest BCUT2D eigenvalue weighted by molar-refractivity contribution is 0.391. The zero-order valence-corrected chi connectivity index (χ0v) is 11.1. The van der Waals surface area contributed by atoms with E-state index in [4.69, 9.17) is 15.3 Å². The highest BCUT2D eigenvalue weighted by molar-refractivity contribution is 5.48. The fourth-order valence-corrected chi connectivity index (χ4v) is 1.99. The number of methoxy groups -OCH3 is 2. The first-order valence-corrected chi connectivity index (χ1v) is 6.03. The van der Waals surface area contributed by atoms with Crippen LogP contribution in [0.4, 0.5) is 5.69 Å². The molecule has 2 aromatic carbocycles. The van der Waals surface area contributed by atoms with Crippen LogP contribution in [0.25, 0.3) is 0 Å². The molecule has 0 saturated heterocycles. The summed E-state index contributed by atoms with van der Waals surface area (Å²) >= 11 is 0. The van der Waals surface area contributed by atoms with Gasteiger partial charge in [-0.3, -0.25) is 5.84 Å². The van der Waals surface area contributed by atoms with Crippen molar-refractivity contribution in [3.8, 4) is 11.5 Å². The van der Waals surface area contributed by atoms with Gasteiger partial charge in [0.25, 0.3) is 0 Å². The summed E-state index contributed by atoms with van der Waals surface area (Å²) in [6.07, 6.45) is 0.780. The van der Waals surface area contributed by atoms with E-state index in [0.29, 0.717) is 0 Å². The average molecular weight is 258 g/mol. The molecule has 2 aromatic rings. The molecule has 0 aromatic heterocycles. The number of anilines is 1. The molecule has 4 nitrogen and oxygen atoms in total. The Labute approximate surface area is 113 Å². The van der Waals surface area contributed by atoms with E-state index in [9.17, 15) is 0 Å². The van der Waals surface area contributed by atoms with Crippen LogP contribution in [0.5, 0.6) is 11.5 Å². The minimum absolute atomic E-state index is 0.780. The van der Waals surface area contributed by atoms with Crippen LogP contribution in [0.1, 0.15) is 11.1 Å². The Morgan fingerprint density at radius 1 is 1.05 bits per heavy atom. The first kappa shape index (κ1) is 13.2. The minimum Gasteiger partial charge on any atom is -0.497 e. The SMILES string of the molecule is COc1ccc(Cc2cccc(NN)c2)c(OC)c1. The molecule has 0 aliphatic heterocycles. The summed E-state index contributed by atoms with van der Waals surface area (Å²) in [6.45, 7) is 0. The maximum Gasteiger partial charge on any atom is 0.126 e. The van der Waals surface area contributed by atoms with Crippen LogP contribution in [-0.2, 0) is 6.42 Å². The number of benzene rings is 2. The molecule has 2 rings (SSSR count). The van der Waals surface area contributed by atoms with Crippen LogP contribution in [0, 0.1) is 0 Å². The van der Waals surface area contributed by atoms with Crippen molar-refractivity contribution < 1.29 is 9.47 Å². The van der Waals surface area contributed by atoms with Gasteiger partial charge in [-0.25, -0.2) is 0 Å². The molecule has 0 aliphatic carbocycles. The predicted octanol–water partition coefficient (Wildman–Crippen LogP) is 2.58. The van der Waals surface area contributed by atoms with Gasteiger partial charge in [-0.05, 0) is 29.3 Å². The third-order valence-electron chi connectivity index (χ3n) is 2.98. The summed E-state index contributed by atoms with van der Waals surface area (Å²) in [6, 6.07) is 13.8. The van der Waals surface area contributed by atoms with Crippen molar-refractivity contribution in [1.82, 2.24) is 0 Å². The molecule has 0 heterocycles. The second-order valence-corrected chi connectivity index (χ2v) is 4.20. The molecule has 100 valence electrons. The molecule has 0 amide bonds. The molecule has 19 heavy (non-hydrogen) atoms. The van der Waals surface area contributed by atoms with Crippen LogP contribution in [-0.4, -0.2) is 14.2 Å². The molecule has 0 aliphatic rings. The topological polar surface area (TPSA) is 56.5 Å². The molecule has 0 saturated carbocycles. The first-order valence-electron chi connectivity index (χ1n) is 6.03. The second-order valence-electron chi connectivity index (χ2n) is 4.20. The smallest absolute Gasteiger partial charge is 0.126 e. The van der Waals surface area contributed by atoms with Gasteiger partial charge in [0, 0.05) is 18.2 Å². The Morgan fingerprint density at radius 3 is 2.58 bits per heavy atom. The number of nitrogens with one attached hydrogen (secondary N) is 1. The lowest BCUT2D eigenvalue weighted by atomic mass is 10.0. The molecule has 0 unspecified atom stereocenters. The molecular weight excluding hydrogens is 240 g/mol. The summed E-state index contributed by atoms with van der Waals surface area (Å²) in [5.41, 5.74) is 5.82. The quantitative estimate of drug-likeness (QED) is 0.639. The van der Waals surface area contributed by atoms with Crippen molar-refractivity contribution in [3.63, 3.8) is 0 Å². The highest BCUT2D eigenvalue weighted by Crippen LogP contribution is 2.27. The van der Waals surface area contributed by atoms with Crippen LogP contribution in [0.15, 0.2) is 42.5 Å². The van der Waals surface area contributed by atoms with Gasteiger partial charge < -0.3 is 14.9 Å². The third-order valence-corrected chi connectivity index (χ3v) is 2.98. The van der Waals surface area contributed by atoms with E-state index in [1.165, 1.54) is 5.56 Å². The average Bonchev–Trinajstić information content (AvgIpc) is 2.48. The molecule has 0 spiro atoms. The third kappa shape index (κ3) is 3.17. The number of nitrogen functional groups attached to an aromatic ring is 1. The van der Waals surface area contributed by atoms with E-state index in [1.54, 1.807) is 14.2 Å². The normalized spacial score (nSPS) is 10.1. The molecule has 4 heteroatoms. The number of hydrazine groups is 1. The van der Waals surface area contributed by atoms with Crippen molar-refractivity contribution in [1.29, 1.82) is 0 Å². The number of nitrogens with two attached hydrogens (primary N) is 1. The number of rotatable bonds is 5. The van der Waals surface area contributed by atoms with Crippen molar-refractivity contribution >= 4 is 5.69 Å². The van der Waals surface area contributed by atoms with E-state index >= 15 is 0 Å². The van der Waals surface area contributed by atoms with Crippen molar-refractivity contribution in [2.75, 3.05) is 19.6 Å². The highest BCUT2D eigenvalue weighted by atomic mass is 16.5. The van der Waals surface area contributed by atoms with Crippen LogP contribution in [0.2, 0.25) is 0 Å². The first-order chi connectivity index (χ1) is 9.26. The molecule has 0 atom stereocenters.